The van der Waals surface area contributed by atoms with E-state index >= 15 is 0 Å². The Hall–Kier alpha value is -1.96. The molecule has 0 amide bonds. The predicted octanol–water partition coefficient (Wildman–Crippen LogP) is 2.58. The van der Waals surface area contributed by atoms with E-state index in [2.05, 4.69) is 16.0 Å². The molecule has 0 bridgehead atoms. The van der Waals surface area contributed by atoms with Crippen molar-refractivity contribution in [1.29, 1.82) is 0 Å². The van der Waals surface area contributed by atoms with Gasteiger partial charge >= 0.3 is 0 Å². The molecule has 1 radical (unpaired) electrons. The molecule has 0 N–H and O–H groups in total. The summed E-state index contributed by atoms with van der Waals surface area (Å²) in [5, 5.41) is 2.12. The molecule has 0 spiro atoms. The Morgan fingerprint density at radius 3 is 3.00 bits per heavy atom. The van der Waals surface area contributed by atoms with Gasteiger partial charge < -0.3 is 0 Å². The Kier molecular flexibility index (Phi) is 1.47. The fourth-order valence-corrected chi connectivity index (χ4v) is 1.63. The Morgan fingerprint density at radius 1 is 1.00 bits per heavy atom. The molecule has 0 saturated heterocycles. The van der Waals surface area contributed by atoms with E-state index in [0.29, 0.717) is 0 Å². The van der Waals surface area contributed by atoms with E-state index in [1.54, 1.807) is 12.4 Å². The molecule has 1 aromatic carbocycles. The number of hydrogen-bond donors (Lipinski definition) is 0. The van der Waals surface area contributed by atoms with Crippen LogP contribution in [0.2, 0.25) is 0 Å². The normalized spacial score (nSPS) is 10.9. The number of fused-ring (bicyclic) bond motifs is 3. The zero-order valence-electron chi connectivity index (χ0n) is 7.44. The summed E-state index contributed by atoms with van der Waals surface area (Å²) in [5.74, 6) is 0. The van der Waals surface area contributed by atoms with Gasteiger partial charge in [0.25, 0.3) is 0 Å². The Labute approximate surface area is 81.2 Å². The minimum absolute atomic E-state index is 0.970. The number of nitrogens with zero attached hydrogens (tertiary/aromatic N) is 2. The van der Waals surface area contributed by atoms with Crippen molar-refractivity contribution in [3.8, 4) is 0 Å². The minimum atomic E-state index is 0.970. The molecule has 2 aromatic heterocycles. The molecule has 3 rings (SSSR count). The smallest absolute Gasteiger partial charge is 0.0802 e. The van der Waals surface area contributed by atoms with E-state index in [0.717, 1.165) is 21.8 Å². The Bertz CT molecular complexity index is 547. The van der Waals surface area contributed by atoms with E-state index in [1.807, 2.05) is 30.3 Å². The van der Waals surface area contributed by atoms with Crippen molar-refractivity contribution in [3.63, 3.8) is 0 Å². The van der Waals surface area contributed by atoms with Crippen LogP contribution >= 0.6 is 0 Å². The van der Waals surface area contributed by atoms with E-state index < -0.39 is 0 Å². The lowest BCUT2D eigenvalue weighted by Gasteiger charge is -2.00. The highest BCUT2D eigenvalue weighted by Crippen LogP contribution is 2.20. The maximum absolute atomic E-state index is 4.34. The van der Waals surface area contributed by atoms with Crippen molar-refractivity contribution in [3.05, 3.63) is 48.8 Å². The van der Waals surface area contributed by atoms with E-state index in [4.69, 9.17) is 0 Å². The molecule has 3 aromatic rings. The molecule has 2 heterocycles. The molecule has 14 heavy (non-hydrogen) atoms. The molecule has 2 nitrogen and oxygen atoms in total. The van der Waals surface area contributed by atoms with Gasteiger partial charge in [-0.25, -0.2) is 0 Å². The lowest BCUT2D eigenvalue weighted by molar-refractivity contribution is 1.39. The highest BCUT2D eigenvalue weighted by atomic mass is 14.7. The van der Waals surface area contributed by atoms with Crippen molar-refractivity contribution in [2.24, 2.45) is 0 Å². The maximum atomic E-state index is 4.34. The first kappa shape index (κ1) is 7.44. The predicted molar refractivity (Wildman–Crippen MR) is 55.9 cm³/mol. The average molecular weight is 179 g/mol. The molecule has 2 heteroatoms. The molecule has 65 valence electrons. The molecule has 0 aliphatic rings. The van der Waals surface area contributed by atoms with Crippen molar-refractivity contribution in [1.82, 2.24) is 9.97 Å². The topological polar surface area (TPSA) is 25.8 Å². The summed E-state index contributed by atoms with van der Waals surface area (Å²) in [5.41, 5.74) is 1.95. The lowest BCUT2D eigenvalue weighted by Crippen LogP contribution is -1.82. The zero-order valence-corrected chi connectivity index (χ0v) is 7.44. The number of rotatable bonds is 0. The number of pyridine rings is 2. The van der Waals surface area contributed by atoms with Crippen LogP contribution in [0, 0.1) is 6.07 Å². The highest BCUT2D eigenvalue weighted by Gasteiger charge is 1.99. The monoisotopic (exact) mass is 179 g/mol. The lowest BCUT2D eigenvalue weighted by atomic mass is 10.1. The second kappa shape index (κ2) is 2.77. The van der Waals surface area contributed by atoms with Crippen LogP contribution in [0.3, 0.4) is 0 Å². The van der Waals surface area contributed by atoms with E-state index in [9.17, 15) is 0 Å². The van der Waals surface area contributed by atoms with Gasteiger partial charge in [0.05, 0.1) is 11.0 Å². The summed E-state index contributed by atoms with van der Waals surface area (Å²) in [7, 11) is 0. The van der Waals surface area contributed by atoms with Crippen molar-refractivity contribution in [2.75, 3.05) is 0 Å². The fourth-order valence-electron chi connectivity index (χ4n) is 1.63. The van der Waals surface area contributed by atoms with Crippen LogP contribution in [-0.4, -0.2) is 9.97 Å². The molecule has 0 atom stereocenters. The van der Waals surface area contributed by atoms with Gasteiger partial charge in [0.15, 0.2) is 0 Å². The quantitative estimate of drug-likeness (QED) is 0.496. The van der Waals surface area contributed by atoms with Crippen LogP contribution in [0.5, 0.6) is 0 Å². The van der Waals surface area contributed by atoms with Crippen LogP contribution < -0.4 is 0 Å². The summed E-state index contributed by atoms with van der Waals surface area (Å²) in [6, 6.07) is 12.9. The number of hydrogen-bond acceptors (Lipinski definition) is 2. The summed E-state index contributed by atoms with van der Waals surface area (Å²) >= 11 is 0. The minimum Gasteiger partial charge on any atom is -0.256 e. The summed E-state index contributed by atoms with van der Waals surface area (Å²) < 4.78 is 0. The molecule has 0 aliphatic carbocycles. The van der Waals surface area contributed by atoms with Crippen molar-refractivity contribution < 1.29 is 0 Å². The number of benzene rings is 1. The summed E-state index contributed by atoms with van der Waals surface area (Å²) in [4.78, 5) is 8.62. The second-order valence-corrected chi connectivity index (χ2v) is 3.12. The van der Waals surface area contributed by atoms with Gasteiger partial charge in [-0.3, -0.25) is 9.97 Å². The standard InChI is InChI=1S/C12H7N2/c1-3-9-5-6-11-10(4-2-7-13-11)12(9)14-8-1/h1-2,4-8H. The molecule has 0 aliphatic heterocycles. The van der Waals surface area contributed by atoms with Crippen LogP contribution in [0.1, 0.15) is 0 Å². The summed E-state index contributed by atoms with van der Waals surface area (Å²) in [6.45, 7) is 0. The van der Waals surface area contributed by atoms with E-state index in [-0.39, 0.29) is 0 Å². The van der Waals surface area contributed by atoms with Crippen molar-refractivity contribution >= 4 is 21.8 Å². The molecule has 0 saturated carbocycles. The molecule has 0 unspecified atom stereocenters. The second-order valence-electron chi connectivity index (χ2n) is 3.12. The van der Waals surface area contributed by atoms with Gasteiger partial charge in [0.2, 0.25) is 0 Å². The van der Waals surface area contributed by atoms with Crippen LogP contribution in [0.15, 0.2) is 42.7 Å². The first-order chi connectivity index (χ1) is 6.95. The van der Waals surface area contributed by atoms with Crippen molar-refractivity contribution in [2.45, 2.75) is 0 Å². The summed E-state index contributed by atoms with van der Waals surface area (Å²) in [6.07, 6.45) is 3.55. The van der Waals surface area contributed by atoms with Crippen LogP contribution in [0.25, 0.3) is 21.8 Å². The largest absolute Gasteiger partial charge is 0.256 e. The highest BCUT2D eigenvalue weighted by molar-refractivity contribution is 6.03. The van der Waals surface area contributed by atoms with Crippen LogP contribution in [-0.2, 0) is 0 Å². The SMILES string of the molecule is [c]1ccnc2c1ccc1ncccc12. The van der Waals surface area contributed by atoms with Gasteiger partial charge in [-0.2, -0.15) is 0 Å². The molecular weight excluding hydrogens is 172 g/mol. The molecule has 0 fully saturated rings. The molecular formula is C12H7N2. The van der Waals surface area contributed by atoms with Gasteiger partial charge in [0, 0.05) is 23.2 Å². The first-order valence-corrected chi connectivity index (χ1v) is 4.45. The van der Waals surface area contributed by atoms with E-state index in [1.165, 1.54) is 0 Å². The van der Waals surface area contributed by atoms with Gasteiger partial charge in [0.1, 0.15) is 0 Å². The van der Waals surface area contributed by atoms with Gasteiger partial charge in [-0.1, -0.05) is 0 Å². The Balaban J connectivity index is 2.61. The van der Waals surface area contributed by atoms with Gasteiger partial charge in [-0.15, -0.1) is 0 Å². The third-order valence-corrected chi connectivity index (χ3v) is 2.27. The van der Waals surface area contributed by atoms with Gasteiger partial charge in [-0.05, 0) is 36.4 Å². The average Bonchev–Trinajstić information content (AvgIpc) is 2.29. The Morgan fingerprint density at radius 2 is 2.00 bits per heavy atom. The maximum Gasteiger partial charge on any atom is 0.0802 e. The third-order valence-electron chi connectivity index (χ3n) is 2.27. The fraction of sp³-hybridized carbons (Fsp3) is 0. The van der Waals surface area contributed by atoms with Crippen LogP contribution in [0.4, 0.5) is 0 Å². The zero-order chi connectivity index (χ0) is 9.38. The number of aromatic nitrogens is 2. The first-order valence-electron chi connectivity index (χ1n) is 4.45. The third kappa shape index (κ3) is 0.973.